The lowest BCUT2D eigenvalue weighted by Crippen LogP contribution is -2.45. The van der Waals surface area contributed by atoms with Crippen LogP contribution in [0.3, 0.4) is 0 Å². The topological polar surface area (TPSA) is 86.6 Å². The Kier molecular flexibility index (Phi) is 5.22. The molecule has 0 bridgehead atoms. The van der Waals surface area contributed by atoms with Crippen molar-refractivity contribution in [1.82, 2.24) is 14.9 Å². The van der Waals surface area contributed by atoms with Crippen LogP contribution < -0.4 is 4.90 Å². The standard InChI is InChI=1S/C23H28N4O3/c1-22(2,17-7-4-3-5-8-17)20(30)26-13-18-14-27(21-24-11-6-12-25-21)16-23(18,15-26)10-9-19(28)29/h3-8,11-12,18H,9-10,13-16H2,1-2H3,(H,28,29)/t18-,23+/m1/s1. The maximum atomic E-state index is 13.5. The van der Waals surface area contributed by atoms with E-state index in [4.69, 9.17) is 0 Å². The first-order chi connectivity index (χ1) is 14.3. The minimum absolute atomic E-state index is 0.0975. The van der Waals surface area contributed by atoms with Crippen LogP contribution in [0.1, 0.15) is 32.3 Å². The van der Waals surface area contributed by atoms with Gasteiger partial charge in [-0.05, 0) is 31.9 Å². The first kappa shape index (κ1) is 20.3. The van der Waals surface area contributed by atoms with E-state index >= 15 is 0 Å². The average Bonchev–Trinajstić information content (AvgIpc) is 3.27. The molecule has 1 aromatic heterocycles. The van der Waals surface area contributed by atoms with E-state index in [-0.39, 0.29) is 23.7 Å². The molecule has 2 saturated heterocycles. The molecular weight excluding hydrogens is 380 g/mol. The van der Waals surface area contributed by atoms with Crippen LogP contribution in [0.15, 0.2) is 48.8 Å². The van der Waals surface area contributed by atoms with Gasteiger partial charge in [0.2, 0.25) is 11.9 Å². The van der Waals surface area contributed by atoms with Crippen LogP contribution in [0, 0.1) is 11.3 Å². The Morgan fingerprint density at radius 1 is 1.10 bits per heavy atom. The third-order valence-electron chi connectivity index (χ3n) is 6.75. The first-order valence-electron chi connectivity index (χ1n) is 10.4. The van der Waals surface area contributed by atoms with Gasteiger partial charge in [0.05, 0.1) is 5.41 Å². The van der Waals surface area contributed by atoms with E-state index in [0.29, 0.717) is 32.0 Å². The molecule has 0 spiro atoms. The number of amides is 1. The SMILES string of the molecule is CC(C)(C(=O)N1C[C@@H]2CN(c3ncccn3)C[C@]2(CCC(=O)O)C1)c1ccccc1. The Hall–Kier alpha value is -2.96. The second kappa shape index (κ2) is 7.70. The van der Waals surface area contributed by atoms with Gasteiger partial charge in [-0.2, -0.15) is 0 Å². The highest BCUT2D eigenvalue weighted by Gasteiger charge is 2.55. The lowest BCUT2D eigenvalue weighted by atomic mass is 9.77. The third-order valence-corrected chi connectivity index (χ3v) is 6.75. The molecule has 1 amide bonds. The van der Waals surface area contributed by atoms with Crippen LogP contribution in [0.5, 0.6) is 0 Å². The Labute approximate surface area is 176 Å². The van der Waals surface area contributed by atoms with Crippen molar-refractivity contribution >= 4 is 17.8 Å². The Bertz CT molecular complexity index is 919. The number of hydrogen-bond donors (Lipinski definition) is 1. The molecule has 3 heterocycles. The largest absolute Gasteiger partial charge is 0.481 e. The minimum Gasteiger partial charge on any atom is -0.481 e. The molecule has 7 heteroatoms. The van der Waals surface area contributed by atoms with Crippen molar-refractivity contribution in [2.75, 3.05) is 31.1 Å². The number of aliphatic carboxylic acids is 1. The summed E-state index contributed by atoms with van der Waals surface area (Å²) < 4.78 is 0. The maximum absolute atomic E-state index is 13.5. The molecule has 2 aliphatic heterocycles. The number of carboxylic acids is 1. The van der Waals surface area contributed by atoms with Gasteiger partial charge in [0, 0.05) is 56.3 Å². The van der Waals surface area contributed by atoms with Gasteiger partial charge in [-0.15, -0.1) is 0 Å². The Balaban J connectivity index is 1.56. The summed E-state index contributed by atoms with van der Waals surface area (Å²) in [6.45, 7) is 6.55. The number of carbonyl (C=O) groups is 2. The van der Waals surface area contributed by atoms with Crippen LogP contribution in [0.25, 0.3) is 0 Å². The van der Waals surface area contributed by atoms with Crippen molar-refractivity contribution in [2.45, 2.75) is 32.1 Å². The highest BCUT2D eigenvalue weighted by Crippen LogP contribution is 2.47. The number of anilines is 1. The van der Waals surface area contributed by atoms with Gasteiger partial charge in [-0.1, -0.05) is 30.3 Å². The van der Waals surface area contributed by atoms with E-state index in [1.54, 1.807) is 18.5 Å². The highest BCUT2D eigenvalue weighted by atomic mass is 16.4. The Morgan fingerprint density at radius 3 is 2.47 bits per heavy atom. The summed E-state index contributed by atoms with van der Waals surface area (Å²) in [5, 5.41) is 9.31. The molecule has 2 atom stereocenters. The number of carbonyl (C=O) groups excluding carboxylic acids is 1. The van der Waals surface area contributed by atoms with Gasteiger partial charge in [0.25, 0.3) is 0 Å². The molecule has 0 unspecified atom stereocenters. The van der Waals surface area contributed by atoms with E-state index < -0.39 is 11.4 Å². The van der Waals surface area contributed by atoms with Crippen LogP contribution >= 0.6 is 0 Å². The van der Waals surface area contributed by atoms with Crippen molar-refractivity contribution in [1.29, 1.82) is 0 Å². The molecule has 1 N–H and O–H groups in total. The average molecular weight is 409 g/mol. The van der Waals surface area contributed by atoms with Gasteiger partial charge in [-0.3, -0.25) is 9.59 Å². The molecular formula is C23H28N4O3. The zero-order valence-electron chi connectivity index (χ0n) is 17.5. The second-order valence-corrected chi connectivity index (χ2v) is 9.06. The summed E-state index contributed by atoms with van der Waals surface area (Å²) in [6, 6.07) is 11.6. The summed E-state index contributed by atoms with van der Waals surface area (Å²) >= 11 is 0. The molecule has 2 aliphatic rings. The maximum Gasteiger partial charge on any atom is 0.303 e. The number of rotatable bonds is 6. The second-order valence-electron chi connectivity index (χ2n) is 9.06. The normalized spacial score (nSPS) is 23.5. The molecule has 0 radical (unpaired) electrons. The van der Waals surface area contributed by atoms with Crippen molar-refractivity contribution in [3.8, 4) is 0 Å². The zero-order chi connectivity index (χ0) is 21.4. The quantitative estimate of drug-likeness (QED) is 0.791. The van der Waals surface area contributed by atoms with Gasteiger partial charge in [-0.25, -0.2) is 9.97 Å². The summed E-state index contributed by atoms with van der Waals surface area (Å²) in [4.78, 5) is 37.6. The number of fused-ring (bicyclic) bond motifs is 1. The predicted molar refractivity (Wildman–Crippen MR) is 113 cm³/mol. The van der Waals surface area contributed by atoms with E-state index in [1.165, 1.54) is 0 Å². The monoisotopic (exact) mass is 408 g/mol. The van der Waals surface area contributed by atoms with Crippen molar-refractivity contribution in [2.24, 2.45) is 11.3 Å². The number of hydrogen-bond acceptors (Lipinski definition) is 5. The molecule has 158 valence electrons. The number of aromatic nitrogens is 2. The van der Waals surface area contributed by atoms with Gasteiger partial charge in [0.15, 0.2) is 0 Å². The molecule has 7 nitrogen and oxygen atoms in total. The third kappa shape index (κ3) is 3.64. The fourth-order valence-electron chi connectivity index (χ4n) is 5.03. The van der Waals surface area contributed by atoms with Crippen LogP contribution in [0.2, 0.25) is 0 Å². The lowest BCUT2D eigenvalue weighted by molar-refractivity contribution is -0.137. The molecule has 2 aromatic rings. The molecule has 2 fully saturated rings. The van der Waals surface area contributed by atoms with Crippen LogP contribution in [0.4, 0.5) is 5.95 Å². The van der Waals surface area contributed by atoms with Crippen LogP contribution in [-0.4, -0.2) is 58.0 Å². The first-order valence-corrected chi connectivity index (χ1v) is 10.4. The molecule has 0 saturated carbocycles. The van der Waals surface area contributed by atoms with E-state index in [1.807, 2.05) is 49.1 Å². The molecule has 1 aromatic carbocycles. The number of nitrogens with zero attached hydrogens (tertiary/aromatic N) is 4. The molecule has 4 rings (SSSR count). The zero-order valence-corrected chi connectivity index (χ0v) is 17.5. The van der Waals surface area contributed by atoms with Crippen molar-refractivity contribution in [3.63, 3.8) is 0 Å². The summed E-state index contributed by atoms with van der Waals surface area (Å²) in [7, 11) is 0. The van der Waals surface area contributed by atoms with Gasteiger partial charge in [0.1, 0.15) is 0 Å². The van der Waals surface area contributed by atoms with Crippen LogP contribution in [-0.2, 0) is 15.0 Å². The van der Waals surface area contributed by atoms with E-state index in [9.17, 15) is 14.7 Å². The summed E-state index contributed by atoms with van der Waals surface area (Å²) in [5.41, 5.74) is 0.113. The minimum atomic E-state index is -0.799. The number of likely N-dealkylation sites (tertiary alicyclic amines) is 1. The highest BCUT2D eigenvalue weighted by molar-refractivity contribution is 5.87. The summed E-state index contributed by atoms with van der Waals surface area (Å²) in [6.07, 6.45) is 4.09. The van der Waals surface area contributed by atoms with Gasteiger partial charge < -0.3 is 14.9 Å². The smallest absolute Gasteiger partial charge is 0.303 e. The van der Waals surface area contributed by atoms with E-state index in [2.05, 4.69) is 14.9 Å². The fourth-order valence-corrected chi connectivity index (χ4v) is 5.03. The predicted octanol–water partition coefficient (Wildman–Crippen LogP) is 2.58. The van der Waals surface area contributed by atoms with Crippen molar-refractivity contribution < 1.29 is 14.7 Å². The van der Waals surface area contributed by atoms with E-state index in [0.717, 1.165) is 12.1 Å². The van der Waals surface area contributed by atoms with Gasteiger partial charge >= 0.3 is 5.97 Å². The molecule has 0 aliphatic carbocycles. The van der Waals surface area contributed by atoms with Crippen molar-refractivity contribution in [3.05, 3.63) is 54.4 Å². The lowest BCUT2D eigenvalue weighted by Gasteiger charge is -2.33. The number of carboxylic acid groups (broad SMARTS) is 1. The number of benzene rings is 1. The molecule has 30 heavy (non-hydrogen) atoms. The fraction of sp³-hybridized carbons (Fsp3) is 0.478. The summed E-state index contributed by atoms with van der Waals surface area (Å²) in [5.74, 6) is 0.174. The Morgan fingerprint density at radius 2 is 1.80 bits per heavy atom.